The van der Waals surface area contributed by atoms with Gasteiger partial charge < -0.3 is 8.83 Å². The van der Waals surface area contributed by atoms with Gasteiger partial charge in [-0.1, -0.05) is 30.3 Å². The number of benzene rings is 2. The molecular formula is C25H20N4O2. The van der Waals surface area contributed by atoms with Crippen LogP contribution in [0.4, 0.5) is 0 Å². The van der Waals surface area contributed by atoms with Crippen LogP contribution in [-0.2, 0) is 0 Å². The molecule has 0 spiro atoms. The Hall–Kier alpha value is -4.32. The van der Waals surface area contributed by atoms with Crippen molar-refractivity contribution in [1.29, 1.82) is 0 Å². The fourth-order valence-corrected chi connectivity index (χ4v) is 2.74. The van der Waals surface area contributed by atoms with Gasteiger partial charge in [0.05, 0.1) is 5.56 Å². The summed E-state index contributed by atoms with van der Waals surface area (Å²) >= 11 is 0. The van der Waals surface area contributed by atoms with Gasteiger partial charge in [0.15, 0.2) is 17.6 Å². The first-order chi connectivity index (χ1) is 15.3. The largest absolute Gasteiger partial charge is 0.443 e. The lowest BCUT2D eigenvalue weighted by Crippen LogP contribution is -1.77. The van der Waals surface area contributed by atoms with E-state index in [0.717, 1.165) is 27.8 Å². The molecule has 0 amide bonds. The first-order valence-corrected chi connectivity index (χ1v) is 9.70. The topological polar surface area (TPSA) is 77.8 Å². The molecule has 0 saturated carbocycles. The number of hydrogen-bond donors (Lipinski definition) is 0. The van der Waals surface area contributed by atoms with Crippen LogP contribution in [0.2, 0.25) is 0 Å². The summed E-state index contributed by atoms with van der Waals surface area (Å²) in [5.41, 5.74) is 5.54. The standard InChI is InChI=1S/C12H8N2O.C7H5NO.C6H7N/c1-2-6-11-10(5-1)14-12(15-11)9-4-3-7-13-8-9;1-2-4-7-6(3-1)8-5-9-7;1-6-3-2-4-7-5-6/h1-8H;1-5H;2-5H,1H3. The number of rotatable bonds is 1. The van der Waals surface area contributed by atoms with Crippen molar-refractivity contribution in [2.45, 2.75) is 6.92 Å². The third-order valence-corrected chi connectivity index (χ3v) is 4.25. The highest BCUT2D eigenvalue weighted by Crippen LogP contribution is 2.22. The van der Waals surface area contributed by atoms with Crippen LogP contribution < -0.4 is 0 Å². The van der Waals surface area contributed by atoms with Crippen molar-refractivity contribution >= 4 is 22.2 Å². The van der Waals surface area contributed by atoms with E-state index < -0.39 is 0 Å². The van der Waals surface area contributed by atoms with E-state index in [1.165, 1.54) is 12.0 Å². The molecule has 0 saturated heterocycles. The zero-order valence-electron chi connectivity index (χ0n) is 16.9. The first-order valence-electron chi connectivity index (χ1n) is 9.70. The van der Waals surface area contributed by atoms with Gasteiger partial charge in [-0.3, -0.25) is 9.97 Å². The maximum Gasteiger partial charge on any atom is 0.228 e. The van der Waals surface area contributed by atoms with E-state index in [1.54, 1.807) is 18.6 Å². The molecule has 0 aliphatic rings. The molecule has 4 heterocycles. The van der Waals surface area contributed by atoms with E-state index in [2.05, 4.69) is 19.9 Å². The minimum atomic E-state index is 0.615. The molecule has 2 aromatic carbocycles. The van der Waals surface area contributed by atoms with Crippen molar-refractivity contribution < 1.29 is 8.83 Å². The lowest BCUT2D eigenvalue weighted by atomic mass is 10.3. The molecule has 0 unspecified atom stereocenters. The number of para-hydroxylation sites is 4. The summed E-state index contributed by atoms with van der Waals surface area (Å²) < 4.78 is 10.6. The Bertz CT molecular complexity index is 1280. The molecule has 152 valence electrons. The Morgan fingerprint density at radius 1 is 0.677 bits per heavy atom. The van der Waals surface area contributed by atoms with Crippen molar-refractivity contribution in [3.8, 4) is 11.5 Å². The minimum Gasteiger partial charge on any atom is -0.443 e. The average Bonchev–Trinajstić information content (AvgIpc) is 3.48. The van der Waals surface area contributed by atoms with Crippen LogP contribution in [-0.4, -0.2) is 19.9 Å². The quantitative estimate of drug-likeness (QED) is 0.327. The van der Waals surface area contributed by atoms with Gasteiger partial charge in [0, 0.05) is 24.8 Å². The molecule has 0 fully saturated rings. The van der Waals surface area contributed by atoms with E-state index in [-0.39, 0.29) is 0 Å². The van der Waals surface area contributed by atoms with Crippen molar-refractivity contribution in [2.24, 2.45) is 0 Å². The van der Waals surface area contributed by atoms with Crippen LogP contribution in [0.25, 0.3) is 33.7 Å². The Balaban J connectivity index is 0.000000123. The number of fused-ring (bicyclic) bond motifs is 2. The lowest BCUT2D eigenvalue weighted by molar-refractivity contribution is 0.602. The molecule has 0 radical (unpaired) electrons. The summed E-state index contributed by atoms with van der Waals surface area (Å²) in [5.74, 6) is 0.615. The summed E-state index contributed by atoms with van der Waals surface area (Å²) in [5, 5.41) is 0. The SMILES string of the molecule is Cc1cccnc1.c1ccc2ocnc2c1.c1cncc(-c2nc3ccccc3o2)c1. The van der Waals surface area contributed by atoms with Gasteiger partial charge in [-0.25, -0.2) is 9.97 Å². The van der Waals surface area contributed by atoms with Gasteiger partial charge in [0.2, 0.25) is 5.89 Å². The number of aryl methyl sites for hydroxylation is 1. The normalized spacial score (nSPS) is 10.1. The second kappa shape index (κ2) is 9.93. The predicted molar refractivity (Wildman–Crippen MR) is 120 cm³/mol. The van der Waals surface area contributed by atoms with Crippen molar-refractivity contribution in [3.63, 3.8) is 0 Å². The number of aromatic nitrogens is 4. The third kappa shape index (κ3) is 5.39. The number of hydrogen-bond acceptors (Lipinski definition) is 6. The first kappa shape index (κ1) is 20.0. The molecule has 4 aromatic heterocycles. The van der Waals surface area contributed by atoms with E-state index in [1.807, 2.05) is 85.9 Å². The maximum atomic E-state index is 5.60. The van der Waals surface area contributed by atoms with Crippen LogP contribution >= 0.6 is 0 Å². The van der Waals surface area contributed by atoms with E-state index >= 15 is 0 Å². The van der Waals surface area contributed by atoms with Gasteiger partial charge >= 0.3 is 0 Å². The van der Waals surface area contributed by atoms with Crippen LogP contribution in [0.15, 0.2) is 113 Å². The molecule has 0 bridgehead atoms. The van der Waals surface area contributed by atoms with Crippen molar-refractivity contribution in [2.75, 3.05) is 0 Å². The minimum absolute atomic E-state index is 0.615. The van der Waals surface area contributed by atoms with E-state index in [0.29, 0.717) is 5.89 Å². The highest BCUT2D eigenvalue weighted by Gasteiger charge is 2.06. The van der Waals surface area contributed by atoms with Crippen LogP contribution in [0.3, 0.4) is 0 Å². The van der Waals surface area contributed by atoms with Crippen molar-refractivity contribution in [3.05, 3.63) is 110 Å². The molecule has 6 heteroatoms. The monoisotopic (exact) mass is 408 g/mol. The van der Waals surface area contributed by atoms with Gasteiger partial charge in [-0.05, 0) is 55.0 Å². The molecule has 0 aliphatic carbocycles. The third-order valence-electron chi connectivity index (χ3n) is 4.25. The molecule has 0 atom stereocenters. The molecular weight excluding hydrogens is 388 g/mol. The zero-order valence-corrected chi connectivity index (χ0v) is 16.9. The maximum absolute atomic E-state index is 5.60. The van der Waals surface area contributed by atoms with Gasteiger partial charge in [0.25, 0.3) is 0 Å². The summed E-state index contributed by atoms with van der Waals surface area (Å²) in [6.45, 7) is 2.02. The Morgan fingerprint density at radius 2 is 1.39 bits per heavy atom. The van der Waals surface area contributed by atoms with Crippen LogP contribution in [0, 0.1) is 6.92 Å². The van der Waals surface area contributed by atoms with Gasteiger partial charge in [-0.15, -0.1) is 0 Å². The number of nitrogens with zero attached hydrogens (tertiary/aromatic N) is 4. The fourth-order valence-electron chi connectivity index (χ4n) is 2.74. The highest BCUT2D eigenvalue weighted by molar-refractivity contribution is 5.75. The summed E-state index contributed by atoms with van der Waals surface area (Å²) in [4.78, 5) is 16.2. The molecule has 6 aromatic rings. The lowest BCUT2D eigenvalue weighted by Gasteiger charge is -1.90. The molecule has 0 aliphatic heterocycles. The van der Waals surface area contributed by atoms with E-state index in [9.17, 15) is 0 Å². The Labute approximate surface area is 179 Å². The van der Waals surface area contributed by atoms with Crippen LogP contribution in [0.5, 0.6) is 0 Å². The predicted octanol–water partition coefficient (Wildman–Crippen LogP) is 6.11. The van der Waals surface area contributed by atoms with Gasteiger partial charge in [0.1, 0.15) is 11.0 Å². The zero-order chi connectivity index (χ0) is 21.3. The second-order valence-electron chi connectivity index (χ2n) is 6.58. The smallest absolute Gasteiger partial charge is 0.228 e. The molecule has 6 rings (SSSR count). The average molecular weight is 408 g/mol. The Kier molecular flexibility index (Phi) is 6.40. The molecule has 0 N–H and O–H groups in total. The fraction of sp³-hybridized carbons (Fsp3) is 0.0400. The summed E-state index contributed by atoms with van der Waals surface area (Å²) in [7, 11) is 0. The van der Waals surface area contributed by atoms with Crippen molar-refractivity contribution in [1.82, 2.24) is 19.9 Å². The summed E-state index contributed by atoms with van der Waals surface area (Å²) in [6, 6.07) is 23.1. The van der Waals surface area contributed by atoms with E-state index in [4.69, 9.17) is 8.83 Å². The Morgan fingerprint density at radius 3 is 2.00 bits per heavy atom. The van der Waals surface area contributed by atoms with Crippen LogP contribution in [0.1, 0.15) is 5.56 Å². The van der Waals surface area contributed by atoms with Gasteiger partial charge in [-0.2, -0.15) is 0 Å². The summed E-state index contributed by atoms with van der Waals surface area (Å²) in [6.07, 6.45) is 8.52. The highest BCUT2D eigenvalue weighted by atomic mass is 16.3. The second-order valence-corrected chi connectivity index (χ2v) is 6.58. The molecule has 31 heavy (non-hydrogen) atoms. The number of oxazole rings is 2. The molecule has 6 nitrogen and oxygen atoms in total. The number of pyridine rings is 2.